The van der Waals surface area contributed by atoms with E-state index in [-0.39, 0.29) is 6.10 Å². The monoisotopic (exact) mass is 386 g/mol. The molecule has 0 amide bonds. The molecule has 0 spiro atoms. The summed E-state index contributed by atoms with van der Waals surface area (Å²) in [5, 5.41) is 4.00. The van der Waals surface area contributed by atoms with E-state index in [0.717, 1.165) is 38.2 Å². The molecule has 0 bridgehead atoms. The fourth-order valence-corrected chi connectivity index (χ4v) is 3.43. The first kappa shape index (κ1) is 19.5. The van der Waals surface area contributed by atoms with Crippen molar-refractivity contribution in [3.63, 3.8) is 0 Å². The molecular formula is C21H26N2O3S. The van der Waals surface area contributed by atoms with Crippen LogP contribution in [-0.4, -0.2) is 43.5 Å². The van der Waals surface area contributed by atoms with Gasteiger partial charge in [-0.05, 0) is 42.8 Å². The first-order valence-electron chi connectivity index (χ1n) is 9.13. The summed E-state index contributed by atoms with van der Waals surface area (Å²) < 4.78 is 16.5. The van der Waals surface area contributed by atoms with E-state index in [4.69, 9.17) is 26.4 Å². The molecule has 0 saturated carbocycles. The Labute approximate surface area is 166 Å². The van der Waals surface area contributed by atoms with Crippen LogP contribution in [-0.2, 0) is 11.3 Å². The Kier molecular flexibility index (Phi) is 6.90. The van der Waals surface area contributed by atoms with Gasteiger partial charge in [-0.3, -0.25) is 0 Å². The van der Waals surface area contributed by atoms with E-state index in [0.29, 0.717) is 16.6 Å². The van der Waals surface area contributed by atoms with Gasteiger partial charge in [-0.25, -0.2) is 0 Å². The van der Waals surface area contributed by atoms with Crippen LogP contribution in [0.1, 0.15) is 18.4 Å². The molecule has 1 aliphatic heterocycles. The Hall–Kier alpha value is -2.31. The number of ether oxygens (including phenoxy) is 3. The number of anilines is 1. The van der Waals surface area contributed by atoms with E-state index in [1.165, 1.54) is 5.56 Å². The second-order valence-corrected chi connectivity index (χ2v) is 6.89. The Morgan fingerprint density at radius 1 is 1.15 bits per heavy atom. The molecule has 1 N–H and O–H groups in total. The van der Waals surface area contributed by atoms with Gasteiger partial charge >= 0.3 is 0 Å². The third-order valence-corrected chi connectivity index (χ3v) is 4.95. The maximum Gasteiger partial charge on any atom is 0.173 e. The lowest BCUT2D eigenvalue weighted by Gasteiger charge is -2.28. The van der Waals surface area contributed by atoms with Crippen LogP contribution in [0.5, 0.6) is 11.5 Å². The number of thiocarbonyl (C=S) groups is 1. The van der Waals surface area contributed by atoms with Crippen LogP contribution in [0, 0.1) is 0 Å². The average molecular weight is 387 g/mol. The van der Waals surface area contributed by atoms with Gasteiger partial charge in [0.1, 0.15) is 0 Å². The number of nitrogens with one attached hydrogen (secondary N) is 1. The second kappa shape index (κ2) is 9.58. The summed E-state index contributed by atoms with van der Waals surface area (Å²) >= 11 is 5.72. The van der Waals surface area contributed by atoms with Crippen LogP contribution in [0.25, 0.3) is 0 Å². The molecule has 0 aromatic heterocycles. The molecule has 5 nitrogen and oxygen atoms in total. The maximum absolute atomic E-state index is 5.82. The summed E-state index contributed by atoms with van der Waals surface area (Å²) in [4.78, 5) is 2.16. The number of nitrogens with zero attached hydrogens (tertiary/aromatic N) is 1. The lowest BCUT2D eigenvalue weighted by atomic mass is 10.2. The molecule has 1 atom stereocenters. The van der Waals surface area contributed by atoms with Crippen molar-refractivity contribution >= 4 is 23.0 Å². The van der Waals surface area contributed by atoms with Crippen molar-refractivity contribution in [2.75, 3.05) is 32.7 Å². The van der Waals surface area contributed by atoms with Gasteiger partial charge in [0.2, 0.25) is 0 Å². The highest BCUT2D eigenvalue weighted by atomic mass is 32.1. The third-order valence-electron chi connectivity index (χ3n) is 4.59. The van der Waals surface area contributed by atoms with Crippen molar-refractivity contribution < 1.29 is 14.2 Å². The molecule has 1 heterocycles. The van der Waals surface area contributed by atoms with Crippen molar-refractivity contribution in [3.8, 4) is 11.5 Å². The quantitative estimate of drug-likeness (QED) is 0.723. The standard InChI is InChI=1S/C21H26N2O3S/c1-24-19-11-10-17(13-20(19)25-2)22-21(27)23(15-18-9-6-12-26-18)14-16-7-4-3-5-8-16/h3-5,7-8,10-11,13,18H,6,9,12,14-15H2,1-2H3,(H,22,27). The summed E-state index contributed by atoms with van der Waals surface area (Å²) in [7, 11) is 3.25. The molecule has 1 unspecified atom stereocenters. The van der Waals surface area contributed by atoms with Crippen LogP contribution >= 0.6 is 12.2 Å². The zero-order chi connectivity index (χ0) is 19.1. The minimum atomic E-state index is 0.221. The molecule has 1 fully saturated rings. The van der Waals surface area contributed by atoms with Crippen LogP contribution < -0.4 is 14.8 Å². The zero-order valence-corrected chi connectivity index (χ0v) is 16.6. The van der Waals surface area contributed by atoms with Gasteiger partial charge in [0.05, 0.1) is 20.3 Å². The zero-order valence-electron chi connectivity index (χ0n) is 15.8. The van der Waals surface area contributed by atoms with Crippen molar-refractivity contribution in [1.82, 2.24) is 4.90 Å². The Balaban J connectivity index is 1.73. The van der Waals surface area contributed by atoms with Crippen molar-refractivity contribution in [1.29, 1.82) is 0 Å². The predicted molar refractivity (Wildman–Crippen MR) is 112 cm³/mol. The Morgan fingerprint density at radius 3 is 2.59 bits per heavy atom. The molecule has 2 aromatic rings. The van der Waals surface area contributed by atoms with Gasteiger partial charge in [0.15, 0.2) is 16.6 Å². The maximum atomic E-state index is 5.82. The number of methoxy groups -OCH3 is 2. The highest BCUT2D eigenvalue weighted by molar-refractivity contribution is 7.80. The molecule has 3 rings (SSSR count). The first-order valence-corrected chi connectivity index (χ1v) is 9.54. The highest BCUT2D eigenvalue weighted by Gasteiger charge is 2.21. The van der Waals surface area contributed by atoms with E-state index >= 15 is 0 Å². The summed E-state index contributed by atoms with van der Waals surface area (Å²) in [5.74, 6) is 1.36. The van der Waals surface area contributed by atoms with Gasteiger partial charge in [0, 0.05) is 31.5 Å². The SMILES string of the molecule is COc1ccc(NC(=S)N(Cc2ccccc2)CC2CCCO2)cc1OC. The summed E-state index contributed by atoms with van der Waals surface area (Å²) in [6.07, 6.45) is 2.41. The van der Waals surface area contributed by atoms with Crippen LogP contribution in [0.3, 0.4) is 0 Å². The molecule has 0 aliphatic carbocycles. The largest absolute Gasteiger partial charge is 0.493 e. The molecular weight excluding hydrogens is 360 g/mol. The van der Waals surface area contributed by atoms with Gasteiger partial charge in [0.25, 0.3) is 0 Å². The predicted octanol–water partition coefficient (Wildman–Crippen LogP) is 4.08. The third kappa shape index (κ3) is 5.34. The van der Waals surface area contributed by atoms with Crippen LogP contribution in [0.2, 0.25) is 0 Å². The van der Waals surface area contributed by atoms with Crippen molar-refractivity contribution in [3.05, 3.63) is 54.1 Å². The summed E-state index contributed by atoms with van der Waals surface area (Å²) in [6, 6.07) is 16.0. The molecule has 144 valence electrons. The first-order chi connectivity index (χ1) is 13.2. The van der Waals surface area contributed by atoms with Crippen LogP contribution in [0.4, 0.5) is 5.69 Å². The van der Waals surface area contributed by atoms with Gasteiger partial charge in [-0.1, -0.05) is 30.3 Å². The van der Waals surface area contributed by atoms with E-state index in [9.17, 15) is 0 Å². The number of benzene rings is 2. The topological polar surface area (TPSA) is 43.0 Å². The lowest BCUT2D eigenvalue weighted by molar-refractivity contribution is 0.0905. The molecule has 1 saturated heterocycles. The molecule has 2 aromatic carbocycles. The minimum Gasteiger partial charge on any atom is -0.493 e. The van der Waals surface area contributed by atoms with Crippen LogP contribution in [0.15, 0.2) is 48.5 Å². The van der Waals surface area contributed by atoms with Gasteiger partial charge in [-0.2, -0.15) is 0 Å². The van der Waals surface area contributed by atoms with E-state index in [1.54, 1.807) is 14.2 Å². The van der Waals surface area contributed by atoms with Crippen molar-refractivity contribution in [2.45, 2.75) is 25.5 Å². The number of rotatable bonds is 7. The summed E-state index contributed by atoms with van der Waals surface area (Å²) in [6.45, 7) is 2.34. The highest BCUT2D eigenvalue weighted by Crippen LogP contribution is 2.30. The van der Waals surface area contributed by atoms with E-state index in [1.807, 2.05) is 36.4 Å². The molecule has 6 heteroatoms. The fraction of sp³-hybridized carbons (Fsp3) is 0.381. The Morgan fingerprint density at radius 2 is 1.93 bits per heavy atom. The normalized spacial score (nSPS) is 16.0. The van der Waals surface area contributed by atoms with E-state index < -0.39 is 0 Å². The molecule has 0 radical (unpaired) electrons. The lowest BCUT2D eigenvalue weighted by Crippen LogP contribution is -2.39. The minimum absolute atomic E-state index is 0.221. The van der Waals surface area contributed by atoms with Gasteiger partial charge in [-0.15, -0.1) is 0 Å². The molecule has 27 heavy (non-hydrogen) atoms. The van der Waals surface area contributed by atoms with Crippen molar-refractivity contribution in [2.24, 2.45) is 0 Å². The van der Waals surface area contributed by atoms with Gasteiger partial charge < -0.3 is 24.4 Å². The second-order valence-electron chi connectivity index (χ2n) is 6.50. The fourth-order valence-electron chi connectivity index (χ4n) is 3.17. The number of hydrogen-bond acceptors (Lipinski definition) is 4. The van der Waals surface area contributed by atoms with E-state index in [2.05, 4.69) is 22.3 Å². The summed E-state index contributed by atoms with van der Waals surface area (Å²) in [5.41, 5.74) is 2.08. The number of hydrogen-bond donors (Lipinski definition) is 1. The molecule has 1 aliphatic rings. The average Bonchev–Trinajstić information content (AvgIpc) is 3.21. The smallest absolute Gasteiger partial charge is 0.173 e. The Bertz CT molecular complexity index is 748.